The maximum Gasteiger partial charge on any atom is 0.251 e. The van der Waals surface area contributed by atoms with Crippen LogP contribution in [0.5, 0.6) is 0 Å². The van der Waals surface area contributed by atoms with Crippen molar-refractivity contribution in [2.24, 2.45) is 0 Å². The van der Waals surface area contributed by atoms with E-state index in [1.807, 2.05) is 13.0 Å². The van der Waals surface area contributed by atoms with Gasteiger partial charge in [-0.2, -0.15) is 0 Å². The van der Waals surface area contributed by atoms with Crippen molar-refractivity contribution in [3.05, 3.63) is 101 Å². The lowest BCUT2D eigenvalue weighted by molar-refractivity contribution is -0.113. The number of amides is 2. The number of aromatic nitrogens is 3. The zero-order chi connectivity index (χ0) is 24.8. The molecule has 3 aromatic carbocycles. The summed E-state index contributed by atoms with van der Waals surface area (Å²) >= 11 is 1.08. The molecule has 0 aliphatic heterocycles. The van der Waals surface area contributed by atoms with Gasteiger partial charge in [0, 0.05) is 11.3 Å². The second-order valence-electron chi connectivity index (χ2n) is 7.58. The second-order valence-corrected chi connectivity index (χ2v) is 8.52. The number of halogens is 2. The number of thioether (sulfide) groups is 1. The first-order valence-corrected chi connectivity index (χ1v) is 11.6. The van der Waals surface area contributed by atoms with Gasteiger partial charge in [0.1, 0.15) is 11.6 Å². The third kappa shape index (κ3) is 6.10. The minimum absolute atomic E-state index is 0.0547. The van der Waals surface area contributed by atoms with Crippen LogP contribution in [0.25, 0.3) is 5.69 Å². The Balaban J connectivity index is 1.51. The van der Waals surface area contributed by atoms with Crippen LogP contribution in [0.1, 0.15) is 21.7 Å². The van der Waals surface area contributed by atoms with Crippen LogP contribution in [0, 0.1) is 18.6 Å². The van der Waals surface area contributed by atoms with Crippen LogP contribution in [-0.2, 0) is 11.3 Å². The average molecular weight is 494 g/mol. The molecule has 178 valence electrons. The minimum Gasteiger partial charge on any atom is -0.345 e. The van der Waals surface area contributed by atoms with E-state index in [9.17, 15) is 18.4 Å². The van der Waals surface area contributed by atoms with E-state index in [4.69, 9.17) is 0 Å². The highest BCUT2D eigenvalue weighted by Crippen LogP contribution is 2.23. The lowest BCUT2D eigenvalue weighted by Crippen LogP contribution is -2.24. The van der Waals surface area contributed by atoms with E-state index in [-0.39, 0.29) is 23.9 Å². The van der Waals surface area contributed by atoms with Crippen molar-refractivity contribution >= 4 is 29.3 Å². The molecule has 10 heteroatoms. The van der Waals surface area contributed by atoms with E-state index >= 15 is 0 Å². The highest BCUT2D eigenvalue weighted by Gasteiger charge is 2.18. The summed E-state index contributed by atoms with van der Waals surface area (Å²) in [4.78, 5) is 25.0. The molecule has 35 heavy (non-hydrogen) atoms. The molecule has 7 nitrogen and oxygen atoms in total. The van der Waals surface area contributed by atoms with Crippen molar-refractivity contribution in [3.8, 4) is 5.69 Å². The molecule has 4 aromatic rings. The number of hydrogen-bond donors (Lipinski definition) is 2. The van der Waals surface area contributed by atoms with E-state index in [1.54, 1.807) is 41.0 Å². The molecule has 0 bridgehead atoms. The number of benzene rings is 3. The van der Waals surface area contributed by atoms with Gasteiger partial charge in [0.15, 0.2) is 11.0 Å². The molecule has 0 spiro atoms. The Morgan fingerprint density at radius 3 is 2.49 bits per heavy atom. The number of nitrogens with one attached hydrogen (secondary N) is 2. The predicted molar refractivity (Wildman–Crippen MR) is 129 cm³/mol. The molecule has 0 aliphatic carbocycles. The molecular weight excluding hydrogens is 472 g/mol. The van der Waals surface area contributed by atoms with Crippen molar-refractivity contribution in [1.29, 1.82) is 0 Å². The Bertz CT molecular complexity index is 1360. The van der Waals surface area contributed by atoms with Crippen molar-refractivity contribution < 1.29 is 18.4 Å². The first-order chi connectivity index (χ1) is 16.9. The number of aryl methyl sites for hydroxylation is 1. The van der Waals surface area contributed by atoms with Gasteiger partial charge in [-0.15, -0.1) is 10.2 Å². The summed E-state index contributed by atoms with van der Waals surface area (Å²) in [6, 6.07) is 18.7. The Morgan fingerprint density at radius 2 is 1.74 bits per heavy atom. The van der Waals surface area contributed by atoms with Gasteiger partial charge in [-0.1, -0.05) is 41.6 Å². The molecule has 0 atom stereocenters. The highest BCUT2D eigenvalue weighted by atomic mass is 32.2. The fraction of sp³-hybridized carbons (Fsp3) is 0.120. The van der Waals surface area contributed by atoms with Crippen LogP contribution in [0.2, 0.25) is 0 Å². The molecule has 1 aromatic heterocycles. The Hall–Kier alpha value is -4.05. The first kappa shape index (κ1) is 24.1. The lowest BCUT2D eigenvalue weighted by atomic mass is 10.1. The van der Waals surface area contributed by atoms with E-state index in [0.29, 0.717) is 22.2 Å². The molecule has 0 radical (unpaired) electrons. The number of para-hydroxylation sites is 1. The van der Waals surface area contributed by atoms with Crippen LogP contribution in [0.4, 0.5) is 14.5 Å². The number of hydrogen-bond acceptors (Lipinski definition) is 5. The van der Waals surface area contributed by atoms with Crippen molar-refractivity contribution in [1.82, 2.24) is 20.1 Å². The molecule has 0 saturated carbocycles. The first-order valence-electron chi connectivity index (χ1n) is 10.6. The zero-order valence-corrected chi connectivity index (χ0v) is 19.5. The fourth-order valence-corrected chi connectivity index (χ4v) is 4.06. The topological polar surface area (TPSA) is 88.9 Å². The Morgan fingerprint density at radius 1 is 0.971 bits per heavy atom. The van der Waals surface area contributed by atoms with Gasteiger partial charge in [-0.05, 0) is 55.5 Å². The summed E-state index contributed by atoms with van der Waals surface area (Å²) in [5.74, 6) is -1.32. The summed E-state index contributed by atoms with van der Waals surface area (Å²) in [7, 11) is 0. The fourth-order valence-electron chi connectivity index (χ4n) is 3.28. The SMILES string of the molecule is Cc1cccc(C(=O)NCc2nnc(SCC(=O)Nc3ccccc3F)n2-c2ccc(F)cc2)c1. The van der Waals surface area contributed by atoms with Gasteiger partial charge in [-0.3, -0.25) is 14.2 Å². The summed E-state index contributed by atoms with van der Waals surface area (Å²) in [6.45, 7) is 1.95. The molecule has 1 heterocycles. The smallest absolute Gasteiger partial charge is 0.251 e. The summed E-state index contributed by atoms with van der Waals surface area (Å²) in [5, 5.41) is 14.0. The van der Waals surface area contributed by atoms with Crippen molar-refractivity contribution in [2.75, 3.05) is 11.1 Å². The van der Waals surface area contributed by atoms with Crippen molar-refractivity contribution in [3.63, 3.8) is 0 Å². The third-order valence-corrected chi connectivity index (χ3v) is 5.88. The average Bonchev–Trinajstić information content (AvgIpc) is 3.26. The van der Waals surface area contributed by atoms with Gasteiger partial charge in [0.05, 0.1) is 18.0 Å². The number of carbonyl (C=O) groups is 2. The number of rotatable bonds is 8. The van der Waals surface area contributed by atoms with Gasteiger partial charge < -0.3 is 10.6 Å². The van der Waals surface area contributed by atoms with Crippen molar-refractivity contribution in [2.45, 2.75) is 18.6 Å². The summed E-state index contributed by atoms with van der Waals surface area (Å²) in [6.07, 6.45) is 0. The normalized spacial score (nSPS) is 10.7. The molecule has 0 saturated heterocycles. The predicted octanol–water partition coefficient (Wildman–Crippen LogP) is 4.51. The molecule has 0 aliphatic rings. The molecule has 2 N–H and O–H groups in total. The van der Waals surface area contributed by atoms with E-state index in [0.717, 1.165) is 17.3 Å². The second kappa shape index (κ2) is 10.9. The molecular formula is C25H21F2N5O2S. The maximum atomic E-state index is 13.8. The van der Waals surface area contributed by atoms with E-state index < -0.39 is 17.5 Å². The van der Waals surface area contributed by atoms with Crippen LogP contribution in [0.3, 0.4) is 0 Å². The van der Waals surface area contributed by atoms with Gasteiger partial charge in [0.2, 0.25) is 5.91 Å². The third-order valence-electron chi connectivity index (χ3n) is 4.95. The number of anilines is 1. The summed E-state index contributed by atoms with van der Waals surface area (Å²) in [5.41, 5.74) is 2.11. The van der Waals surface area contributed by atoms with Gasteiger partial charge >= 0.3 is 0 Å². The molecule has 0 fully saturated rings. The van der Waals surface area contributed by atoms with E-state index in [1.165, 1.54) is 30.3 Å². The molecule has 4 rings (SSSR count). The van der Waals surface area contributed by atoms with Gasteiger partial charge in [0.25, 0.3) is 5.91 Å². The maximum absolute atomic E-state index is 13.8. The minimum atomic E-state index is -0.535. The number of carbonyl (C=O) groups excluding carboxylic acids is 2. The molecule has 2 amide bonds. The Labute approximate surface area is 204 Å². The Kier molecular flexibility index (Phi) is 7.51. The molecule has 0 unspecified atom stereocenters. The van der Waals surface area contributed by atoms with Crippen LogP contribution in [-0.4, -0.2) is 32.3 Å². The van der Waals surface area contributed by atoms with Gasteiger partial charge in [-0.25, -0.2) is 8.78 Å². The largest absolute Gasteiger partial charge is 0.345 e. The quantitative estimate of drug-likeness (QED) is 0.353. The van der Waals surface area contributed by atoms with Crippen LogP contribution >= 0.6 is 11.8 Å². The number of nitrogens with zero attached hydrogens (tertiary/aromatic N) is 3. The zero-order valence-electron chi connectivity index (χ0n) is 18.7. The van der Waals surface area contributed by atoms with Crippen LogP contribution in [0.15, 0.2) is 78.0 Å². The van der Waals surface area contributed by atoms with Crippen LogP contribution < -0.4 is 10.6 Å². The highest BCUT2D eigenvalue weighted by molar-refractivity contribution is 7.99. The lowest BCUT2D eigenvalue weighted by Gasteiger charge is -2.11. The summed E-state index contributed by atoms with van der Waals surface area (Å²) < 4.78 is 29.0. The van der Waals surface area contributed by atoms with E-state index in [2.05, 4.69) is 20.8 Å². The standard InChI is InChI=1S/C25H21F2N5O2S/c1-16-5-4-6-17(13-16)24(34)28-14-22-30-31-25(32(22)19-11-9-18(26)10-12-19)35-15-23(33)29-21-8-3-2-7-20(21)27/h2-13H,14-15H2,1H3,(H,28,34)(H,29,33). The monoisotopic (exact) mass is 493 g/mol.